The number of nitrogens with one attached hydrogen (secondary N) is 1. The summed E-state index contributed by atoms with van der Waals surface area (Å²) in [4.78, 5) is 0. The van der Waals surface area contributed by atoms with Gasteiger partial charge in [-0.1, -0.05) is 23.2 Å². The van der Waals surface area contributed by atoms with E-state index in [-0.39, 0.29) is 11.6 Å². The van der Waals surface area contributed by atoms with Gasteiger partial charge in [0, 0.05) is 24.6 Å². The second kappa shape index (κ2) is 4.44. The molecule has 1 fully saturated rings. The fraction of sp³-hybridized carbons (Fsp3) is 0.500. The van der Waals surface area contributed by atoms with Crippen molar-refractivity contribution in [3.05, 3.63) is 28.2 Å². The minimum absolute atomic E-state index is 0.154. The molecule has 0 aliphatic carbocycles. The Morgan fingerprint density at radius 1 is 1.31 bits per heavy atom. The zero-order valence-electron chi connectivity index (χ0n) is 9.39. The first-order valence-corrected chi connectivity index (χ1v) is 6.09. The fourth-order valence-electron chi connectivity index (χ4n) is 1.93. The molecular formula is C12H15Cl2NO. The third-order valence-electron chi connectivity index (χ3n) is 2.74. The van der Waals surface area contributed by atoms with E-state index in [9.17, 15) is 0 Å². The van der Waals surface area contributed by atoms with Gasteiger partial charge < -0.3 is 10.1 Å². The summed E-state index contributed by atoms with van der Waals surface area (Å²) >= 11 is 11.8. The first-order chi connectivity index (χ1) is 7.46. The first kappa shape index (κ1) is 12.0. The molecule has 0 radical (unpaired) electrons. The average molecular weight is 260 g/mol. The van der Waals surface area contributed by atoms with Gasteiger partial charge in [-0.3, -0.25) is 0 Å². The van der Waals surface area contributed by atoms with Crippen LogP contribution in [-0.4, -0.2) is 18.2 Å². The number of ether oxygens (including phenoxy) is 1. The molecule has 0 spiro atoms. The molecule has 16 heavy (non-hydrogen) atoms. The zero-order chi connectivity index (χ0) is 11.8. The number of hydrogen-bond donors (Lipinski definition) is 1. The van der Waals surface area contributed by atoms with Crippen molar-refractivity contribution in [1.82, 2.24) is 5.32 Å². The first-order valence-electron chi connectivity index (χ1n) is 5.33. The molecule has 0 bridgehead atoms. The highest BCUT2D eigenvalue weighted by atomic mass is 35.5. The predicted octanol–water partition coefficient (Wildman–Crippen LogP) is 3.51. The van der Waals surface area contributed by atoms with Gasteiger partial charge in [-0.05, 0) is 26.0 Å². The Morgan fingerprint density at radius 2 is 2.06 bits per heavy atom. The molecule has 0 aromatic heterocycles. The minimum atomic E-state index is 0.154. The molecule has 1 saturated heterocycles. The van der Waals surface area contributed by atoms with Gasteiger partial charge in [0.15, 0.2) is 0 Å². The lowest BCUT2D eigenvalue weighted by Gasteiger charge is -2.17. The van der Waals surface area contributed by atoms with Gasteiger partial charge >= 0.3 is 0 Å². The van der Waals surface area contributed by atoms with Crippen molar-refractivity contribution in [2.45, 2.75) is 31.9 Å². The molecule has 1 aromatic rings. The van der Waals surface area contributed by atoms with E-state index in [1.54, 1.807) is 12.1 Å². The van der Waals surface area contributed by atoms with Crippen LogP contribution in [0, 0.1) is 0 Å². The predicted molar refractivity (Wildman–Crippen MR) is 67.6 cm³/mol. The molecule has 1 heterocycles. The molecule has 1 aliphatic heterocycles. The Balaban J connectivity index is 2.02. The lowest BCUT2D eigenvalue weighted by molar-refractivity contribution is 0.214. The van der Waals surface area contributed by atoms with E-state index in [2.05, 4.69) is 19.2 Å². The van der Waals surface area contributed by atoms with E-state index in [4.69, 9.17) is 27.9 Å². The van der Waals surface area contributed by atoms with Crippen LogP contribution in [0.25, 0.3) is 0 Å². The molecule has 0 amide bonds. The summed E-state index contributed by atoms with van der Waals surface area (Å²) < 4.78 is 5.84. The Morgan fingerprint density at radius 3 is 2.62 bits per heavy atom. The molecule has 1 atom stereocenters. The largest absolute Gasteiger partial charge is 0.489 e. The Kier molecular flexibility index (Phi) is 3.34. The highest BCUT2D eigenvalue weighted by Gasteiger charge is 2.31. The van der Waals surface area contributed by atoms with E-state index in [1.165, 1.54) is 0 Å². The fourth-order valence-corrected chi connectivity index (χ4v) is 2.22. The number of hydrogen-bond acceptors (Lipinski definition) is 2. The summed E-state index contributed by atoms with van der Waals surface area (Å²) in [6.07, 6.45) is 1.19. The smallest absolute Gasteiger partial charge is 0.121 e. The van der Waals surface area contributed by atoms with Crippen LogP contribution in [0.4, 0.5) is 0 Å². The van der Waals surface area contributed by atoms with Crippen LogP contribution < -0.4 is 10.1 Å². The lowest BCUT2D eigenvalue weighted by atomic mass is 10.0. The van der Waals surface area contributed by atoms with E-state index in [0.29, 0.717) is 10.0 Å². The third-order valence-corrected chi connectivity index (χ3v) is 3.48. The normalized spacial score (nSPS) is 23.4. The van der Waals surface area contributed by atoms with Crippen molar-refractivity contribution in [2.24, 2.45) is 0 Å². The monoisotopic (exact) mass is 259 g/mol. The second-order valence-electron chi connectivity index (χ2n) is 4.78. The molecule has 4 heteroatoms. The maximum Gasteiger partial charge on any atom is 0.121 e. The average Bonchev–Trinajstić information content (AvgIpc) is 2.52. The number of halogens is 2. The SMILES string of the molecule is CC1(C)CC(Oc2ccc(Cl)c(Cl)c2)CN1. The van der Waals surface area contributed by atoms with Crippen LogP contribution >= 0.6 is 23.2 Å². The lowest BCUT2D eigenvalue weighted by Crippen LogP contribution is -2.31. The van der Waals surface area contributed by atoms with E-state index >= 15 is 0 Å². The standard InChI is InChI=1S/C12H15Cl2NO/c1-12(2)6-9(7-15-12)16-8-3-4-10(13)11(14)5-8/h3-5,9,15H,6-7H2,1-2H3. The van der Waals surface area contributed by atoms with Crippen LogP contribution in [0.5, 0.6) is 5.75 Å². The molecule has 0 saturated carbocycles. The molecule has 1 aliphatic rings. The van der Waals surface area contributed by atoms with Gasteiger partial charge in [-0.25, -0.2) is 0 Å². The minimum Gasteiger partial charge on any atom is -0.489 e. The molecule has 1 aromatic carbocycles. The van der Waals surface area contributed by atoms with Gasteiger partial charge in [-0.15, -0.1) is 0 Å². The molecule has 2 rings (SSSR count). The summed E-state index contributed by atoms with van der Waals surface area (Å²) in [5.41, 5.74) is 0.154. The van der Waals surface area contributed by atoms with E-state index in [0.717, 1.165) is 18.7 Å². The number of benzene rings is 1. The van der Waals surface area contributed by atoms with Crippen molar-refractivity contribution in [3.63, 3.8) is 0 Å². The van der Waals surface area contributed by atoms with E-state index < -0.39 is 0 Å². The molecule has 1 N–H and O–H groups in total. The van der Waals surface area contributed by atoms with Gasteiger partial charge in [0.05, 0.1) is 10.0 Å². The van der Waals surface area contributed by atoms with Crippen molar-refractivity contribution in [2.75, 3.05) is 6.54 Å². The quantitative estimate of drug-likeness (QED) is 0.878. The van der Waals surface area contributed by atoms with Gasteiger partial charge in [0.1, 0.15) is 11.9 Å². The molecular weight excluding hydrogens is 245 g/mol. The third kappa shape index (κ3) is 2.82. The van der Waals surface area contributed by atoms with Crippen LogP contribution in [0.1, 0.15) is 20.3 Å². The highest BCUT2D eigenvalue weighted by Crippen LogP contribution is 2.28. The van der Waals surface area contributed by atoms with E-state index in [1.807, 2.05) is 6.07 Å². The summed E-state index contributed by atoms with van der Waals surface area (Å²) in [6, 6.07) is 5.36. The Hall–Kier alpha value is -0.440. The zero-order valence-corrected chi connectivity index (χ0v) is 10.9. The Bertz CT molecular complexity index is 393. The van der Waals surface area contributed by atoms with Crippen molar-refractivity contribution < 1.29 is 4.74 Å². The number of rotatable bonds is 2. The molecule has 2 nitrogen and oxygen atoms in total. The topological polar surface area (TPSA) is 21.3 Å². The molecule has 1 unspecified atom stereocenters. The van der Waals surface area contributed by atoms with Crippen LogP contribution in [-0.2, 0) is 0 Å². The summed E-state index contributed by atoms with van der Waals surface area (Å²) in [5.74, 6) is 0.777. The summed E-state index contributed by atoms with van der Waals surface area (Å²) in [5, 5.41) is 4.49. The summed E-state index contributed by atoms with van der Waals surface area (Å²) in [7, 11) is 0. The summed E-state index contributed by atoms with van der Waals surface area (Å²) in [6.45, 7) is 5.21. The van der Waals surface area contributed by atoms with Crippen LogP contribution in [0.15, 0.2) is 18.2 Å². The van der Waals surface area contributed by atoms with Crippen molar-refractivity contribution in [3.8, 4) is 5.75 Å². The second-order valence-corrected chi connectivity index (χ2v) is 5.60. The highest BCUT2D eigenvalue weighted by molar-refractivity contribution is 6.42. The molecule has 88 valence electrons. The van der Waals surface area contributed by atoms with Crippen molar-refractivity contribution >= 4 is 23.2 Å². The van der Waals surface area contributed by atoms with Gasteiger partial charge in [-0.2, -0.15) is 0 Å². The van der Waals surface area contributed by atoms with Crippen molar-refractivity contribution in [1.29, 1.82) is 0 Å². The van der Waals surface area contributed by atoms with Crippen LogP contribution in [0.3, 0.4) is 0 Å². The maximum atomic E-state index is 5.93. The van der Waals surface area contributed by atoms with Gasteiger partial charge in [0.25, 0.3) is 0 Å². The van der Waals surface area contributed by atoms with Gasteiger partial charge in [0.2, 0.25) is 0 Å². The maximum absolute atomic E-state index is 5.93. The van der Waals surface area contributed by atoms with Crippen LogP contribution in [0.2, 0.25) is 10.0 Å². The Labute approximate surface area is 106 Å².